The largest absolute Gasteiger partial charge is 0.455 e. The Balaban J connectivity index is 1.69. The van der Waals surface area contributed by atoms with Crippen LogP contribution < -0.4 is 5.32 Å². The zero-order valence-corrected chi connectivity index (χ0v) is 15.4. The highest BCUT2D eigenvalue weighted by Gasteiger charge is 2.36. The minimum atomic E-state index is -0.246. The number of carbonyl (C=O) groups is 2. The highest BCUT2D eigenvalue weighted by molar-refractivity contribution is 6.03. The van der Waals surface area contributed by atoms with Gasteiger partial charge in [-0.15, -0.1) is 0 Å². The van der Waals surface area contributed by atoms with Crippen LogP contribution >= 0.6 is 0 Å². The van der Waals surface area contributed by atoms with E-state index in [0.717, 1.165) is 6.42 Å². The van der Waals surface area contributed by atoms with E-state index in [-0.39, 0.29) is 22.9 Å². The van der Waals surface area contributed by atoms with Gasteiger partial charge in [-0.1, -0.05) is 43.7 Å². The average Bonchev–Trinajstić information content (AvgIpc) is 2.84. The molecule has 2 aromatic rings. The van der Waals surface area contributed by atoms with Gasteiger partial charge >= 0.3 is 0 Å². The van der Waals surface area contributed by atoms with Crippen molar-refractivity contribution in [2.75, 3.05) is 6.54 Å². The van der Waals surface area contributed by atoms with Crippen LogP contribution in [0.4, 0.5) is 0 Å². The first kappa shape index (κ1) is 17.5. The Morgan fingerprint density at radius 1 is 1.16 bits per heavy atom. The van der Waals surface area contributed by atoms with Crippen LogP contribution in [0, 0.1) is 19.3 Å². The van der Waals surface area contributed by atoms with Gasteiger partial charge in [0.1, 0.15) is 5.76 Å². The quantitative estimate of drug-likeness (QED) is 0.915. The maximum atomic E-state index is 12.5. The van der Waals surface area contributed by atoms with Gasteiger partial charge in [0.05, 0.1) is 5.56 Å². The van der Waals surface area contributed by atoms with Crippen molar-refractivity contribution in [3.8, 4) is 0 Å². The van der Waals surface area contributed by atoms with Gasteiger partial charge < -0.3 is 9.73 Å². The predicted octanol–water partition coefficient (Wildman–Crippen LogP) is 4.02. The Bertz CT molecular complexity index is 812. The van der Waals surface area contributed by atoms with Crippen LogP contribution in [-0.2, 0) is 12.8 Å². The maximum Gasteiger partial charge on any atom is 0.287 e. The van der Waals surface area contributed by atoms with Crippen LogP contribution in [0.3, 0.4) is 0 Å². The molecule has 4 heteroatoms. The third kappa shape index (κ3) is 3.68. The van der Waals surface area contributed by atoms with Crippen molar-refractivity contribution in [3.63, 3.8) is 0 Å². The topological polar surface area (TPSA) is 59.3 Å². The summed E-state index contributed by atoms with van der Waals surface area (Å²) in [6.45, 7) is 8.48. The molecule has 0 spiro atoms. The number of Topliss-reactive ketones (excluding diaryl/α,β-unsaturated/α-hetero) is 1. The summed E-state index contributed by atoms with van der Waals surface area (Å²) in [5.41, 5.74) is 3.56. The minimum absolute atomic E-state index is 0.0752. The Kier molecular flexibility index (Phi) is 4.55. The van der Waals surface area contributed by atoms with Crippen molar-refractivity contribution in [1.29, 1.82) is 0 Å². The molecule has 1 heterocycles. The van der Waals surface area contributed by atoms with Gasteiger partial charge in [0.2, 0.25) is 0 Å². The number of rotatable bonds is 4. The summed E-state index contributed by atoms with van der Waals surface area (Å²) in [6.07, 6.45) is 1.94. The van der Waals surface area contributed by atoms with Crippen molar-refractivity contribution < 1.29 is 14.0 Å². The monoisotopic (exact) mass is 339 g/mol. The van der Waals surface area contributed by atoms with Crippen LogP contribution in [0.2, 0.25) is 0 Å². The summed E-state index contributed by atoms with van der Waals surface area (Å²) in [5, 5.41) is 2.90. The predicted molar refractivity (Wildman–Crippen MR) is 97.1 cm³/mol. The van der Waals surface area contributed by atoms with Gasteiger partial charge in [-0.05, 0) is 31.2 Å². The van der Waals surface area contributed by atoms with Crippen molar-refractivity contribution in [2.24, 2.45) is 5.41 Å². The molecule has 1 aliphatic carbocycles. The molecule has 0 radical (unpaired) electrons. The normalized spacial score (nSPS) is 15.8. The van der Waals surface area contributed by atoms with Gasteiger partial charge in [0.25, 0.3) is 5.91 Å². The fourth-order valence-corrected chi connectivity index (χ4v) is 3.45. The molecule has 0 atom stereocenters. The lowest BCUT2D eigenvalue weighted by molar-refractivity contribution is 0.0889. The number of nitrogens with one attached hydrogen (secondary N) is 1. The highest BCUT2D eigenvalue weighted by Crippen LogP contribution is 2.38. The van der Waals surface area contributed by atoms with E-state index in [0.29, 0.717) is 36.3 Å². The second kappa shape index (κ2) is 6.51. The van der Waals surface area contributed by atoms with Gasteiger partial charge in [0, 0.05) is 24.9 Å². The summed E-state index contributed by atoms with van der Waals surface area (Å²) >= 11 is 0. The van der Waals surface area contributed by atoms with Gasteiger partial charge in [-0.3, -0.25) is 9.59 Å². The molecule has 0 unspecified atom stereocenters. The van der Waals surface area contributed by atoms with E-state index in [1.807, 2.05) is 13.8 Å². The lowest BCUT2D eigenvalue weighted by atomic mass is 9.76. The molecule has 25 heavy (non-hydrogen) atoms. The lowest BCUT2D eigenvalue weighted by Crippen LogP contribution is -2.26. The highest BCUT2D eigenvalue weighted by atomic mass is 16.4. The lowest BCUT2D eigenvalue weighted by Gasteiger charge is -2.27. The minimum Gasteiger partial charge on any atom is -0.455 e. The summed E-state index contributed by atoms with van der Waals surface area (Å²) in [5.74, 6) is 0.762. The van der Waals surface area contributed by atoms with E-state index in [4.69, 9.17) is 4.42 Å². The summed E-state index contributed by atoms with van der Waals surface area (Å²) in [6, 6.07) is 8.27. The summed E-state index contributed by atoms with van der Waals surface area (Å²) in [4.78, 5) is 24.9. The van der Waals surface area contributed by atoms with E-state index >= 15 is 0 Å². The number of furan rings is 1. The van der Waals surface area contributed by atoms with E-state index in [1.165, 1.54) is 11.1 Å². The van der Waals surface area contributed by atoms with Crippen LogP contribution in [0.1, 0.15) is 63.6 Å². The number of fused-ring (bicyclic) bond motifs is 1. The molecule has 0 bridgehead atoms. The first-order valence-corrected chi connectivity index (χ1v) is 8.76. The molecule has 3 rings (SSSR count). The van der Waals surface area contributed by atoms with Crippen molar-refractivity contribution in [3.05, 3.63) is 58.0 Å². The molecule has 1 aromatic carbocycles. The van der Waals surface area contributed by atoms with Crippen molar-refractivity contribution in [1.82, 2.24) is 5.32 Å². The molecule has 4 nitrogen and oxygen atoms in total. The molecule has 0 saturated carbocycles. The van der Waals surface area contributed by atoms with Crippen LogP contribution in [-0.4, -0.2) is 18.2 Å². The number of aryl methyl sites for hydroxylation is 1. The Morgan fingerprint density at radius 2 is 1.84 bits per heavy atom. The molecule has 0 saturated heterocycles. The number of benzene rings is 1. The molecule has 132 valence electrons. The Labute approximate surface area is 148 Å². The molecule has 1 aliphatic rings. The Morgan fingerprint density at radius 3 is 2.52 bits per heavy atom. The molecule has 0 fully saturated rings. The third-order valence-corrected chi connectivity index (χ3v) is 4.80. The Hall–Kier alpha value is -2.36. The van der Waals surface area contributed by atoms with Crippen LogP contribution in [0.15, 0.2) is 28.7 Å². The molecule has 1 amide bonds. The van der Waals surface area contributed by atoms with E-state index in [9.17, 15) is 9.59 Å². The zero-order chi connectivity index (χ0) is 18.2. The summed E-state index contributed by atoms with van der Waals surface area (Å²) < 4.78 is 5.79. The van der Waals surface area contributed by atoms with E-state index < -0.39 is 0 Å². The number of hydrogen-bond donors (Lipinski definition) is 1. The molecular formula is C21H25NO3. The van der Waals surface area contributed by atoms with Crippen LogP contribution in [0.25, 0.3) is 0 Å². The van der Waals surface area contributed by atoms with E-state index in [2.05, 4.69) is 36.5 Å². The number of amides is 1. The fraction of sp³-hybridized carbons (Fsp3) is 0.429. The second-order valence-corrected chi connectivity index (χ2v) is 7.79. The van der Waals surface area contributed by atoms with Gasteiger partial charge in [-0.25, -0.2) is 0 Å². The van der Waals surface area contributed by atoms with E-state index in [1.54, 1.807) is 6.92 Å². The smallest absolute Gasteiger partial charge is 0.287 e. The van der Waals surface area contributed by atoms with Gasteiger partial charge in [0.15, 0.2) is 11.5 Å². The first-order valence-electron chi connectivity index (χ1n) is 8.76. The fourth-order valence-electron chi connectivity index (χ4n) is 3.45. The maximum absolute atomic E-state index is 12.5. The number of hydrogen-bond acceptors (Lipinski definition) is 3. The first-order chi connectivity index (χ1) is 11.8. The molecule has 1 N–H and O–H groups in total. The molecule has 1 aromatic heterocycles. The zero-order valence-electron chi connectivity index (χ0n) is 15.4. The van der Waals surface area contributed by atoms with Gasteiger partial charge in [-0.2, -0.15) is 0 Å². The third-order valence-electron chi connectivity index (χ3n) is 4.80. The standard InChI is InChI=1S/C21H25NO3/c1-13-5-7-15(8-6-13)9-10-22-20(24)19-14(2)18-16(23)11-21(3,4)12-17(18)25-19/h5-8H,9-12H2,1-4H3,(H,22,24). The molecule has 0 aliphatic heterocycles. The van der Waals surface area contributed by atoms with Crippen molar-refractivity contribution in [2.45, 2.75) is 47.0 Å². The number of ketones is 1. The van der Waals surface area contributed by atoms with Crippen molar-refractivity contribution >= 4 is 11.7 Å². The van der Waals surface area contributed by atoms with Crippen LogP contribution in [0.5, 0.6) is 0 Å². The molecular weight excluding hydrogens is 314 g/mol. The number of carbonyl (C=O) groups excluding carboxylic acids is 2. The second-order valence-electron chi connectivity index (χ2n) is 7.79. The average molecular weight is 339 g/mol. The SMILES string of the molecule is Cc1ccc(CCNC(=O)c2oc3c(c2C)C(=O)CC(C)(C)C3)cc1. The summed E-state index contributed by atoms with van der Waals surface area (Å²) in [7, 11) is 0.